The van der Waals surface area contributed by atoms with E-state index in [1.165, 1.54) is 0 Å². The molecule has 0 aliphatic heterocycles. The van der Waals surface area contributed by atoms with Gasteiger partial charge in [0.15, 0.2) is 8.24 Å². The van der Waals surface area contributed by atoms with Crippen LogP contribution in [-0.2, 0) is 6.54 Å². The van der Waals surface area contributed by atoms with Crippen LogP contribution in [0, 0.1) is 6.92 Å². The largest absolute Gasteiger partial charge is 0.361 e. The number of carbonyl (C=O) groups excluding carboxylic acids is 1. The van der Waals surface area contributed by atoms with Crippen molar-refractivity contribution in [2.24, 2.45) is 0 Å². The highest BCUT2D eigenvalue weighted by Gasteiger charge is 2.45. The maximum absolute atomic E-state index is 14.1. The first-order chi connectivity index (χ1) is 14.4. The molecule has 1 aromatic carbocycles. The summed E-state index contributed by atoms with van der Waals surface area (Å²) >= 11 is 12.9. The molecule has 0 bridgehead atoms. The van der Waals surface area contributed by atoms with Crippen LogP contribution in [0.2, 0.25) is 28.2 Å². The fourth-order valence-electron chi connectivity index (χ4n) is 3.25. The zero-order chi connectivity index (χ0) is 23.0. The third-order valence-electron chi connectivity index (χ3n) is 6.12. The van der Waals surface area contributed by atoms with Crippen LogP contribution in [-0.4, -0.2) is 28.8 Å². The third-order valence-corrected chi connectivity index (χ3v) is 12.1. The lowest BCUT2D eigenvalue weighted by Gasteiger charge is -2.46. The molecule has 164 valence electrons. The van der Waals surface area contributed by atoms with E-state index in [0.29, 0.717) is 39.2 Å². The molecule has 0 N–H and O–H groups in total. The van der Waals surface area contributed by atoms with E-state index in [0.717, 1.165) is 5.56 Å². The number of pyridine rings is 1. The number of aryl methyl sites for hydroxylation is 1. The quantitative estimate of drug-likeness (QED) is 0.372. The van der Waals surface area contributed by atoms with Gasteiger partial charge in [0.25, 0.3) is 5.91 Å². The second-order valence-corrected chi connectivity index (χ2v) is 15.1. The summed E-state index contributed by atoms with van der Waals surface area (Å²) in [5.74, 6) is 0.308. The third kappa shape index (κ3) is 4.56. The van der Waals surface area contributed by atoms with Gasteiger partial charge in [-0.2, -0.15) is 0 Å². The van der Waals surface area contributed by atoms with Crippen molar-refractivity contribution in [1.29, 1.82) is 0 Å². The van der Waals surface area contributed by atoms with Crippen LogP contribution in [0.1, 0.15) is 42.5 Å². The Balaban J connectivity index is 2.16. The number of aromatic nitrogens is 2. The molecule has 3 rings (SSSR count). The molecule has 0 radical (unpaired) electrons. The van der Waals surface area contributed by atoms with Crippen LogP contribution >= 0.6 is 23.2 Å². The van der Waals surface area contributed by atoms with E-state index < -0.39 is 8.24 Å². The van der Waals surface area contributed by atoms with Gasteiger partial charge in [-0.3, -0.25) is 9.78 Å². The van der Waals surface area contributed by atoms with E-state index in [-0.39, 0.29) is 10.9 Å². The Morgan fingerprint density at radius 1 is 1.10 bits per heavy atom. The molecule has 0 fully saturated rings. The van der Waals surface area contributed by atoms with Crippen molar-refractivity contribution in [3.8, 4) is 11.3 Å². The number of amides is 1. The Hall–Kier alpha value is -2.15. The van der Waals surface area contributed by atoms with E-state index in [4.69, 9.17) is 27.7 Å². The topological polar surface area (TPSA) is 59.2 Å². The van der Waals surface area contributed by atoms with Gasteiger partial charge in [0.05, 0.1) is 10.0 Å². The van der Waals surface area contributed by atoms with Crippen LogP contribution < -0.4 is 0 Å². The highest BCUT2D eigenvalue weighted by Crippen LogP contribution is 2.42. The van der Waals surface area contributed by atoms with Gasteiger partial charge >= 0.3 is 0 Å². The number of rotatable bonds is 5. The minimum atomic E-state index is -2.28. The second kappa shape index (κ2) is 8.77. The maximum Gasteiger partial charge on any atom is 0.252 e. The van der Waals surface area contributed by atoms with Gasteiger partial charge in [-0.1, -0.05) is 68.3 Å². The van der Waals surface area contributed by atoms with Crippen molar-refractivity contribution in [1.82, 2.24) is 14.7 Å². The van der Waals surface area contributed by atoms with E-state index in [1.807, 2.05) is 16.7 Å². The number of benzene rings is 1. The summed E-state index contributed by atoms with van der Waals surface area (Å²) in [6, 6.07) is 9.07. The molecule has 2 heterocycles. The van der Waals surface area contributed by atoms with Crippen molar-refractivity contribution in [3.05, 3.63) is 69.7 Å². The van der Waals surface area contributed by atoms with Gasteiger partial charge in [-0.05, 0) is 41.8 Å². The Labute approximate surface area is 194 Å². The Morgan fingerprint density at radius 3 is 2.23 bits per heavy atom. The van der Waals surface area contributed by atoms with Crippen LogP contribution in [0.25, 0.3) is 11.3 Å². The smallest absolute Gasteiger partial charge is 0.252 e. The molecular weight excluding hydrogens is 449 g/mol. The average Bonchev–Trinajstić information content (AvgIpc) is 3.06. The molecule has 2 aromatic heterocycles. The van der Waals surface area contributed by atoms with Crippen molar-refractivity contribution >= 4 is 37.3 Å². The summed E-state index contributed by atoms with van der Waals surface area (Å²) in [5, 5.41) is 4.95. The van der Waals surface area contributed by atoms with Gasteiger partial charge in [-0.25, -0.2) is 0 Å². The monoisotopic (exact) mass is 475 g/mol. The minimum absolute atomic E-state index is 0.0665. The molecule has 0 aliphatic carbocycles. The zero-order valence-electron chi connectivity index (χ0n) is 18.7. The minimum Gasteiger partial charge on any atom is -0.361 e. The van der Waals surface area contributed by atoms with Crippen molar-refractivity contribution < 1.29 is 9.32 Å². The lowest BCUT2D eigenvalue weighted by atomic mass is 10.1. The normalized spacial score (nSPS) is 12.1. The van der Waals surface area contributed by atoms with E-state index >= 15 is 0 Å². The molecule has 0 aliphatic rings. The molecule has 0 unspecified atom stereocenters. The molecular formula is C23H27Cl2N3O2Si. The summed E-state index contributed by atoms with van der Waals surface area (Å²) in [4.78, 5) is 18.2. The van der Waals surface area contributed by atoms with Crippen LogP contribution in [0.3, 0.4) is 0 Å². The van der Waals surface area contributed by atoms with Gasteiger partial charge in [0.2, 0.25) is 0 Å². The first kappa shape index (κ1) is 23.5. The molecule has 5 nitrogen and oxygen atoms in total. The van der Waals surface area contributed by atoms with Crippen molar-refractivity contribution in [2.75, 3.05) is 0 Å². The molecule has 1 amide bonds. The van der Waals surface area contributed by atoms with E-state index in [1.54, 1.807) is 37.5 Å². The number of hydrogen-bond acceptors (Lipinski definition) is 4. The van der Waals surface area contributed by atoms with Crippen molar-refractivity contribution in [3.63, 3.8) is 0 Å². The molecule has 0 saturated carbocycles. The number of halogens is 2. The van der Waals surface area contributed by atoms with Gasteiger partial charge < -0.3 is 9.09 Å². The van der Waals surface area contributed by atoms with E-state index in [9.17, 15) is 4.79 Å². The van der Waals surface area contributed by atoms with Crippen molar-refractivity contribution in [2.45, 2.75) is 52.4 Å². The first-order valence-corrected chi connectivity index (χ1v) is 13.8. The Bertz CT molecular complexity index is 1070. The fourth-order valence-corrected chi connectivity index (χ4v) is 5.84. The average molecular weight is 476 g/mol. The highest BCUT2D eigenvalue weighted by atomic mass is 35.5. The van der Waals surface area contributed by atoms with Crippen LogP contribution in [0.15, 0.2) is 47.2 Å². The fraction of sp³-hybridized carbons (Fsp3) is 0.348. The Kier molecular flexibility index (Phi) is 6.65. The lowest BCUT2D eigenvalue weighted by molar-refractivity contribution is 0.0836. The standard InChI is InChI=1S/C23H27Cl2N3O2Si/c1-15-19(21(27-30-15)20-17(24)8-7-9-18(20)25)22(29)28(31(5,6)23(2,3)4)14-16-10-12-26-13-11-16/h7-13H,14H2,1-6H3. The lowest BCUT2D eigenvalue weighted by Crippen LogP contribution is -2.57. The van der Waals surface area contributed by atoms with E-state index in [2.05, 4.69) is 44.0 Å². The molecule has 0 spiro atoms. The predicted octanol–water partition coefficient (Wildman–Crippen LogP) is 7.00. The first-order valence-electron chi connectivity index (χ1n) is 10.1. The Morgan fingerprint density at radius 2 is 1.68 bits per heavy atom. The van der Waals surface area contributed by atoms with Crippen LogP contribution in [0.4, 0.5) is 0 Å². The summed E-state index contributed by atoms with van der Waals surface area (Å²) < 4.78 is 7.47. The molecule has 0 atom stereocenters. The number of carbonyl (C=O) groups is 1. The number of hydrogen-bond donors (Lipinski definition) is 0. The van der Waals surface area contributed by atoms with Gasteiger partial charge in [0, 0.05) is 24.5 Å². The summed E-state index contributed by atoms with van der Waals surface area (Å²) in [6.45, 7) is 13.2. The van der Waals surface area contributed by atoms with Crippen LogP contribution in [0.5, 0.6) is 0 Å². The molecule has 0 saturated heterocycles. The molecule has 3 aromatic rings. The maximum atomic E-state index is 14.1. The zero-order valence-corrected chi connectivity index (χ0v) is 21.2. The predicted molar refractivity (Wildman–Crippen MR) is 128 cm³/mol. The molecule has 31 heavy (non-hydrogen) atoms. The molecule has 8 heteroatoms. The second-order valence-electron chi connectivity index (χ2n) is 9.11. The highest BCUT2D eigenvalue weighted by molar-refractivity contribution is 6.79. The SMILES string of the molecule is Cc1onc(-c2c(Cl)cccc2Cl)c1C(=O)N(Cc1ccncc1)[Si](C)(C)C(C)(C)C. The summed E-state index contributed by atoms with van der Waals surface area (Å²) in [7, 11) is -2.28. The summed E-state index contributed by atoms with van der Waals surface area (Å²) in [6.07, 6.45) is 3.48. The number of nitrogens with zero attached hydrogens (tertiary/aromatic N) is 3. The van der Waals surface area contributed by atoms with Gasteiger partial charge in [0.1, 0.15) is 17.0 Å². The summed E-state index contributed by atoms with van der Waals surface area (Å²) in [5.41, 5.74) is 2.29. The van der Waals surface area contributed by atoms with Gasteiger partial charge in [-0.15, -0.1) is 0 Å².